The predicted octanol–water partition coefficient (Wildman–Crippen LogP) is 3.95. The second-order valence-corrected chi connectivity index (χ2v) is 6.83. The zero-order chi connectivity index (χ0) is 18.6. The number of nitrogens with zero attached hydrogens (tertiary/aromatic N) is 3. The van der Waals surface area contributed by atoms with Crippen molar-refractivity contribution in [3.8, 4) is 0 Å². The summed E-state index contributed by atoms with van der Waals surface area (Å²) in [5, 5.41) is 10.7. The topological polar surface area (TPSA) is 62.1 Å². The summed E-state index contributed by atoms with van der Waals surface area (Å²) in [4.78, 5) is 25.9. The summed E-state index contributed by atoms with van der Waals surface area (Å²) in [5.41, 5.74) is 1.37. The first kappa shape index (κ1) is 17.2. The van der Waals surface area contributed by atoms with Crippen molar-refractivity contribution in [3.05, 3.63) is 83.9 Å². The van der Waals surface area contributed by atoms with Crippen molar-refractivity contribution >= 4 is 45.7 Å². The molecular weight excluding hydrogens is 358 g/mol. The molecule has 1 aliphatic heterocycles. The summed E-state index contributed by atoms with van der Waals surface area (Å²) < 4.78 is 0. The highest BCUT2D eigenvalue weighted by Crippen LogP contribution is 2.22. The molecule has 1 fully saturated rings. The molecule has 27 heavy (non-hydrogen) atoms. The first-order chi connectivity index (χ1) is 13.2. The molecular formula is C21H15N3O2S. The van der Waals surface area contributed by atoms with E-state index in [2.05, 4.69) is 10.2 Å². The number of hydrogen-bond acceptors (Lipinski definition) is 5. The van der Waals surface area contributed by atoms with Crippen molar-refractivity contribution in [2.45, 2.75) is 0 Å². The molecule has 0 bridgehead atoms. The summed E-state index contributed by atoms with van der Waals surface area (Å²) >= 11 is 1.21. The largest absolute Gasteiger partial charge is 0.273 e. The van der Waals surface area contributed by atoms with Crippen molar-refractivity contribution < 1.29 is 9.59 Å². The van der Waals surface area contributed by atoms with Gasteiger partial charge in [0.1, 0.15) is 0 Å². The third kappa shape index (κ3) is 3.52. The van der Waals surface area contributed by atoms with Crippen molar-refractivity contribution in [3.63, 3.8) is 0 Å². The third-order valence-electron chi connectivity index (χ3n) is 4.15. The van der Waals surface area contributed by atoms with Crippen molar-refractivity contribution in [1.82, 2.24) is 4.90 Å². The molecule has 1 aliphatic rings. The van der Waals surface area contributed by atoms with Crippen LogP contribution in [0.2, 0.25) is 0 Å². The fraction of sp³-hybridized carbons (Fsp3) is 0.0476. The van der Waals surface area contributed by atoms with Crippen molar-refractivity contribution in [1.29, 1.82) is 0 Å². The molecule has 1 saturated heterocycles. The van der Waals surface area contributed by atoms with Crippen molar-refractivity contribution in [2.75, 3.05) is 5.75 Å². The van der Waals surface area contributed by atoms with E-state index in [1.54, 1.807) is 30.5 Å². The number of amides is 2. The lowest BCUT2D eigenvalue weighted by atomic mass is 10.1. The van der Waals surface area contributed by atoms with Gasteiger partial charge in [0, 0.05) is 11.1 Å². The molecule has 0 spiro atoms. The highest BCUT2D eigenvalue weighted by Gasteiger charge is 2.34. The third-order valence-corrected chi connectivity index (χ3v) is 5.07. The maximum atomic E-state index is 12.6. The van der Waals surface area contributed by atoms with Gasteiger partial charge in [-0.3, -0.25) is 9.59 Å². The normalized spacial score (nSPS) is 15.9. The maximum absolute atomic E-state index is 12.6. The van der Waals surface area contributed by atoms with Gasteiger partial charge >= 0.3 is 0 Å². The van der Waals surface area contributed by atoms with E-state index in [1.807, 2.05) is 48.5 Å². The average Bonchev–Trinajstić information content (AvgIpc) is 3.08. The van der Waals surface area contributed by atoms with Crippen LogP contribution in [-0.2, 0) is 4.79 Å². The molecule has 3 aromatic rings. The van der Waals surface area contributed by atoms with Crippen LogP contribution in [0.15, 0.2) is 83.0 Å². The Morgan fingerprint density at radius 1 is 0.963 bits per heavy atom. The van der Waals surface area contributed by atoms with Gasteiger partial charge in [0.05, 0.1) is 12.0 Å². The Morgan fingerprint density at radius 2 is 1.70 bits per heavy atom. The van der Waals surface area contributed by atoms with Crippen LogP contribution >= 0.6 is 11.8 Å². The maximum Gasteiger partial charge on any atom is 0.266 e. The highest BCUT2D eigenvalue weighted by atomic mass is 32.2. The fourth-order valence-corrected chi connectivity index (χ4v) is 3.65. The first-order valence-electron chi connectivity index (χ1n) is 8.38. The zero-order valence-corrected chi connectivity index (χ0v) is 15.1. The molecule has 6 heteroatoms. The summed E-state index contributed by atoms with van der Waals surface area (Å²) in [7, 11) is 0. The van der Waals surface area contributed by atoms with E-state index in [-0.39, 0.29) is 17.6 Å². The van der Waals surface area contributed by atoms with Gasteiger partial charge in [-0.25, -0.2) is 4.90 Å². The Bertz CT molecular complexity index is 1070. The molecule has 0 radical (unpaired) electrons. The van der Waals surface area contributed by atoms with E-state index >= 15 is 0 Å². The molecule has 132 valence electrons. The van der Waals surface area contributed by atoms with E-state index in [1.165, 1.54) is 11.8 Å². The quantitative estimate of drug-likeness (QED) is 0.397. The smallest absolute Gasteiger partial charge is 0.266 e. The number of amidine groups is 1. The van der Waals surface area contributed by atoms with Crippen LogP contribution in [0.4, 0.5) is 0 Å². The number of thioether (sulfide) groups is 1. The van der Waals surface area contributed by atoms with E-state index < -0.39 is 0 Å². The first-order valence-corrected chi connectivity index (χ1v) is 9.36. The second kappa shape index (κ2) is 7.55. The lowest BCUT2D eigenvalue weighted by Gasteiger charge is -2.12. The molecule has 3 aromatic carbocycles. The van der Waals surface area contributed by atoms with Gasteiger partial charge in [-0.05, 0) is 22.9 Å². The molecule has 0 aliphatic carbocycles. The van der Waals surface area contributed by atoms with Gasteiger partial charge in [0.25, 0.3) is 5.91 Å². The number of benzene rings is 3. The highest BCUT2D eigenvalue weighted by molar-refractivity contribution is 8.15. The van der Waals surface area contributed by atoms with Crippen LogP contribution in [0.5, 0.6) is 0 Å². The number of hydrogen-bond donors (Lipinski definition) is 0. The van der Waals surface area contributed by atoms with E-state index in [0.717, 1.165) is 21.2 Å². The number of imide groups is 1. The molecule has 0 saturated carbocycles. The molecule has 5 nitrogen and oxygen atoms in total. The molecule has 1 heterocycles. The average molecular weight is 373 g/mol. The number of rotatable bonds is 3. The minimum atomic E-state index is -0.385. The van der Waals surface area contributed by atoms with Gasteiger partial charge in [0.2, 0.25) is 5.91 Å². The molecule has 4 rings (SSSR count). The fourth-order valence-electron chi connectivity index (χ4n) is 2.85. The number of carbonyl (C=O) groups excluding carboxylic acids is 2. The Morgan fingerprint density at radius 3 is 2.56 bits per heavy atom. The number of carbonyl (C=O) groups is 2. The van der Waals surface area contributed by atoms with Gasteiger partial charge in [0.15, 0.2) is 5.17 Å². The molecule has 0 N–H and O–H groups in total. The Balaban J connectivity index is 1.61. The zero-order valence-electron chi connectivity index (χ0n) is 14.3. The Labute approximate surface area is 160 Å². The second-order valence-electron chi connectivity index (χ2n) is 5.88. The predicted molar refractivity (Wildman–Crippen MR) is 109 cm³/mol. The van der Waals surface area contributed by atoms with Crippen LogP contribution < -0.4 is 0 Å². The Kier molecular flexibility index (Phi) is 4.80. The van der Waals surface area contributed by atoms with Crippen molar-refractivity contribution in [2.24, 2.45) is 10.2 Å². The lowest BCUT2D eigenvalue weighted by Crippen LogP contribution is -2.35. The van der Waals surface area contributed by atoms with E-state index in [0.29, 0.717) is 10.7 Å². The van der Waals surface area contributed by atoms with Gasteiger partial charge in [-0.2, -0.15) is 5.10 Å². The molecule has 0 aromatic heterocycles. The SMILES string of the molecule is O=C1CS/C(=N/N=C\c2cccc3ccccc23)N1C(=O)c1ccccc1. The van der Waals surface area contributed by atoms with Gasteiger partial charge < -0.3 is 0 Å². The summed E-state index contributed by atoms with van der Waals surface area (Å²) in [6.07, 6.45) is 1.64. The standard InChI is InChI=1S/C21H15N3O2S/c25-19-14-27-21(24(19)20(26)16-8-2-1-3-9-16)23-22-13-17-11-6-10-15-7-4-5-12-18(15)17/h1-13H,14H2/b22-13-,23-21+. The number of fused-ring (bicyclic) bond motifs is 1. The summed E-state index contributed by atoms with van der Waals surface area (Å²) in [6, 6.07) is 22.6. The van der Waals surface area contributed by atoms with E-state index in [9.17, 15) is 9.59 Å². The monoisotopic (exact) mass is 373 g/mol. The van der Waals surface area contributed by atoms with Gasteiger partial charge in [-0.1, -0.05) is 72.4 Å². The molecule has 0 atom stereocenters. The van der Waals surface area contributed by atoms with E-state index in [4.69, 9.17) is 0 Å². The van der Waals surface area contributed by atoms with Crippen LogP contribution in [0.25, 0.3) is 10.8 Å². The lowest BCUT2D eigenvalue weighted by molar-refractivity contribution is -0.122. The summed E-state index contributed by atoms with van der Waals surface area (Å²) in [6.45, 7) is 0. The molecule has 0 unspecified atom stereocenters. The van der Waals surface area contributed by atoms with Crippen LogP contribution in [0, 0.1) is 0 Å². The minimum absolute atomic E-state index is 0.182. The molecule has 2 amide bonds. The van der Waals surface area contributed by atoms with Gasteiger partial charge in [-0.15, -0.1) is 5.10 Å². The summed E-state index contributed by atoms with van der Waals surface area (Å²) in [5.74, 6) is -0.487. The van der Waals surface area contributed by atoms with Crippen LogP contribution in [0.3, 0.4) is 0 Å². The minimum Gasteiger partial charge on any atom is -0.273 e. The van der Waals surface area contributed by atoms with Crippen LogP contribution in [-0.4, -0.2) is 33.8 Å². The Hall–Kier alpha value is -3.25. The van der Waals surface area contributed by atoms with Crippen LogP contribution in [0.1, 0.15) is 15.9 Å².